The van der Waals surface area contributed by atoms with Crippen LogP contribution in [-0.4, -0.2) is 24.1 Å². The van der Waals surface area contributed by atoms with E-state index < -0.39 is 0 Å². The lowest BCUT2D eigenvalue weighted by Gasteiger charge is -2.17. The monoisotopic (exact) mass is 855 g/mol. The molecule has 0 amide bonds. The number of aromatic nitrogens is 5. The molecule has 10 aromatic carbocycles. The number of benzene rings is 10. The summed E-state index contributed by atoms with van der Waals surface area (Å²) in [6, 6.07) is 79.1. The van der Waals surface area contributed by atoms with Gasteiger partial charge in [-0.1, -0.05) is 158 Å². The molecule has 0 saturated heterocycles. The first-order valence-corrected chi connectivity index (χ1v) is 22.6. The SMILES string of the molecule is c1ccc(-c2nc(-c3ccc(-n4c5ccccc5c5cc6ccccc6cc54)c(-c4cccc5c4oc4ccccc45)c3)nc(-c3cccc4c3c3ccccc3n4-c3ccccc3)n2)cc1. The highest BCUT2D eigenvalue weighted by atomic mass is 16.3. The van der Waals surface area contributed by atoms with Crippen molar-refractivity contribution in [3.8, 4) is 56.7 Å². The van der Waals surface area contributed by atoms with E-state index in [0.29, 0.717) is 17.5 Å². The quantitative estimate of drug-likeness (QED) is 0.167. The molecule has 0 radical (unpaired) electrons. The van der Waals surface area contributed by atoms with Crippen LogP contribution in [0.15, 0.2) is 229 Å². The third kappa shape index (κ3) is 5.80. The maximum atomic E-state index is 6.80. The Bertz CT molecular complexity index is 4280. The second-order valence-electron chi connectivity index (χ2n) is 17.1. The molecule has 0 bridgehead atoms. The van der Waals surface area contributed by atoms with Gasteiger partial charge in [-0.15, -0.1) is 0 Å². The van der Waals surface area contributed by atoms with Gasteiger partial charge in [-0.05, 0) is 77.5 Å². The number of fused-ring (bicyclic) bond motifs is 10. The second-order valence-corrected chi connectivity index (χ2v) is 17.1. The Morgan fingerprint density at radius 2 is 0.925 bits per heavy atom. The molecule has 14 aromatic rings. The van der Waals surface area contributed by atoms with Crippen LogP contribution in [0.2, 0.25) is 0 Å². The average Bonchev–Trinajstić information content (AvgIpc) is 4.06. The first kappa shape index (κ1) is 37.3. The largest absolute Gasteiger partial charge is 0.455 e. The van der Waals surface area contributed by atoms with Crippen LogP contribution in [0.1, 0.15) is 0 Å². The van der Waals surface area contributed by atoms with E-state index in [1.807, 2.05) is 30.3 Å². The van der Waals surface area contributed by atoms with Gasteiger partial charge < -0.3 is 13.6 Å². The standard InChI is InChI=1S/C61H37N5O/c1-3-17-38(18-4-1)59-62-60(64-61(63-59)48-28-16-31-54-57(48)47-25-10-13-30-52(47)65(54)42-21-5-2-6-22-42)41-33-34-53(50(36-41)46-27-15-26-45-44-24-11-14-32-56(44)67-58(45)46)66-51-29-12-9-23-43(51)49-35-39-19-7-8-20-40(39)37-55(49)66/h1-37H. The summed E-state index contributed by atoms with van der Waals surface area (Å²) in [6.07, 6.45) is 0. The molecule has 6 heteroatoms. The highest BCUT2D eigenvalue weighted by Gasteiger charge is 2.23. The summed E-state index contributed by atoms with van der Waals surface area (Å²) in [5.41, 5.74) is 12.9. The lowest BCUT2D eigenvalue weighted by atomic mass is 9.97. The fourth-order valence-electron chi connectivity index (χ4n) is 10.4. The molecule has 67 heavy (non-hydrogen) atoms. The fraction of sp³-hybridized carbons (Fsp3) is 0. The van der Waals surface area contributed by atoms with Crippen molar-refractivity contribution in [2.75, 3.05) is 0 Å². The zero-order chi connectivity index (χ0) is 44.0. The number of rotatable bonds is 6. The van der Waals surface area contributed by atoms with Gasteiger partial charge in [0.15, 0.2) is 17.5 Å². The topological polar surface area (TPSA) is 61.7 Å². The summed E-state index contributed by atoms with van der Waals surface area (Å²) in [6.45, 7) is 0. The first-order valence-electron chi connectivity index (χ1n) is 22.6. The van der Waals surface area contributed by atoms with Gasteiger partial charge in [0.1, 0.15) is 11.2 Å². The third-order valence-corrected chi connectivity index (χ3v) is 13.4. The molecule has 312 valence electrons. The lowest BCUT2D eigenvalue weighted by molar-refractivity contribution is 0.670. The predicted octanol–water partition coefficient (Wildman–Crippen LogP) is 15.8. The van der Waals surface area contributed by atoms with Crippen molar-refractivity contribution < 1.29 is 4.42 Å². The number of nitrogens with zero attached hydrogens (tertiary/aromatic N) is 5. The van der Waals surface area contributed by atoms with Crippen molar-refractivity contribution in [1.29, 1.82) is 0 Å². The van der Waals surface area contributed by atoms with Gasteiger partial charge in [0.05, 0.1) is 27.8 Å². The minimum absolute atomic E-state index is 0.574. The number of hydrogen-bond donors (Lipinski definition) is 0. The molecule has 6 nitrogen and oxygen atoms in total. The summed E-state index contributed by atoms with van der Waals surface area (Å²) in [4.78, 5) is 16.0. The van der Waals surface area contributed by atoms with Gasteiger partial charge in [0.25, 0.3) is 0 Å². The van der Waals surface area contributed by atoms with Gasteiger partial charge in [-0.3, -0.25) is 0 Å². The number of hydrogen-bond acceptors (Lipinski definition) is 4. The minimum Gasteiger partial charge on any atom is -0.455 e. The van der Waals surface area contributed by atoms with Gasteiger partial charge in [0.2, 0.25) is 0 Å². The smallest absolute Gasteiger partial charge is 0.164 e. The first-order chi connectivity index (χ1) is 33.2. The van der Waals surface area contributed by atoms with E-state index in [9.17, 15) is 0 Å². The molecule has 0 fully saturated rings. The Kier molecular flexibility index (Phi) is 8.18. The van der Waals surface area contributed by atoms with Crippen molar-refractivity contribution in [3.05, 3.63) is 224 Å². The van der Waals surface area contributed by atoms with E-state index in [1.165, 1.54) is 21.5 Å². The lowest BCUT2D eigenvalue weighted by Crippen LogP contribution is -2.02. The molecule has 0 aliphatic carbocycles. The molecule has 4 heterocycles. The Morgan fingerprint density at radius 3 is 1.75 bits per heavy atom. The Hall–Kier alpha value is -9.13. The van der Waals surface area contributed by atoms with Crippen LogP contribution in [-0.2, 0) is 0 Å². The zero-order valence-corrected chi connectivity index (χ0v) is 36.0. The van der Waals surface area contributed by atoms with E-state index in [-0.39, 0.29) is 0 Å². The van der Waals surface area contributed by atoms with Crippen LogP contribution in [0.3, 0.4) is 0 Å². The summed E-state index contributed by atoms with van der Waals surface area (Å²) >= 11 is 0. The normalized spacial score (nSPS) is 11.9. The third-order valence-electron chi connectivity index (χ3n) is 13.4. The fourth-order valence-corrected chi connectivity index (χ4v) is 10.4. The van der Waals surface area contributed by atoms with Crippen LogP contribution >= 0.6 is 0 Å². The van der Waals surface area contributed by atoms with Crippen molar-refractivity contribution >= 4 is 76.3 Å². The van der Waals surface area contributed by atoms with E-state index >= 15 is 0 Å². The maximum absolute atomic E-state index is 6.80. The van der Waals surface area contributed by atoms with Crippen LogP contribution in [0.25, 0.3) is 133 Å². The molecule has 0 atom stereocenters. The summed E-state index contributed by atoms with van der Waals surface area (Å²) < 4.78 is 11.5. The summed E-state index contributed by atoms with van der Waals surface area (Å²) in [5, 5.41) is 9.15. The van der Waals surface area contributed by atoms with E-state index in [1.54, 1.807) is 0 Å². The zero-order valence-electron chi connectivity index (χ0n) is 36.0. The Labute approximate surface area is 384 Å². The van der Waals surface area contributed by atoms with Crippen molar-refractivity contribution in [3.63, 3.8) is 0 Å². The van der Waals surface area contributed by atoms with E-state index in [4.69, 9.17) is 19.4 Å². The highest BCUT2D eigenvalue weighted by Crippen LogP contribution is 2.44. The minimum atomic E-state index is 0.574. The molecule has 0 aliphatic heterocycles. The van der Waals surface area contributed by atoms with Crippen molar-refractivity contribution in [2.45, 2.75) is 0 Å². The Morgan fingerprint density at radius 1 is 0.328 bits per heavy atom. The summed E-state index contributed by atoms with van der Waals surface area (Å²) in [7, 11) is 0. The molecule has 0 aliphatic rings. The van der Waals surface area contributed by atoms with E-state index in [2.05, 4.69) is 203 Å². The van der Waals surface area contributed by atoms with Crippen LogP contribution < -0.4 is 0 Å². The predicted molar refractivity (Wildman–Crippen MR) is 275 cm³/mol. The summed E-state index contributed by atoms with van der Waals surface area (Å²) in [5.74, 6) is 1.78. The maximum Gasteiger partial charge on any atom is 0.164 e. The molecule has 0 unspecified atom stereocenters. The average molecular weight is 856 g/mol. The van der Waals surface area contributed by atoms with Gasteiger partial charge in [-0.2, -0.15) is 0 Å². The van der Waals surface area contributed by atoms with Crippen molar-refractivity contribution in [1.82, 2.24) is 24.1 Å². The number of para-hydroxylation sites is 5. The molecule has 0 spiro atoms. The molecule has 0 saturated carbocycles. The molecular weight excluding hydrogens is 819 g/mol. The Balaban J connectivity index is 1.06. The molecule has 14 rings (SSSR count). The van der Waals surface area contributed by atoms with Gasteiger partial charge in [-0.25, -0.2) is 15.0 Å². The van der Waals surface area contributed by atoms with E-state index in [0.717, 1.165) is 94.0 Å². The number of furan rings is 1. The second kappa shape index (κ2) is 14.7. The van der Waals surface area contributed by atoms with Gasteiger partial charge in [0, 0.05) is 65.8 Å². The highest BCUT2D eigenvalue weighted by molar-refractivity contribution is 6.17. The van der Waals surface area contributed by atoms with Gasteiger partial charge >= 0.3 is 0 Å². The molecule has 4 aromatic heterocycles. The molecule has 0 N–H and O–H groups in total. The van der Waals surface area contributed by atoms with Crippen LogP contribution in [0.5, 0.6) is 0 Å². The van der Waals surface area contributed by atoms with Crippen LogP contribution in [0, 0.1) is 0 Å². The van der Waals surface area contributed by atoms with Crippen molar-refractivity contribution in [2.24, 2.45) is 0 Å². The molecular formula is C61H37N5O. The van der Waals surface area contributed by atoms with Crippen LogP contribution in [0.4, 0.5) is 0 Å².